The first-order valence-electron chi connectivity index (χ1n) is 7.02. The summed E-state index contributed by atoms with van der Waals surface area (Å²) in [5.41, 5.74) is 9.17. The predicted octanol–water partition coefficient (Wildman–Crippen LogP) is 2.38. The topological polar surface area (TPSA) is 45.4 Å². The molecule has 0 spiro atoms. The van der Waals surface area contributed by atoms with Crippen molar-refractivity contribution in [1.82, 2.24) is 4.98 Å². The molecule has 1 aromatic heterocycles. The number of nitrogen functional groups attached to an aromatic ring is 1. The molecular weight excluding hydrogens is 248 g/mol. The fourth-order valence-corrected chi connectivity index (χ4v) is 2.87. The lowest BCUT2D eigenvalue weighted by atomic mass is 10.1. The third-order valence-electron chi connectivity index (χ3n) is 3.88. The molecule has 4 nitrogen and oxygen atoms in total. The van der Waals surface area contributed by atoms with Crippen LogP contribution in [0.25, 0.3) is 0 Å². The molecule has 0 radical (unpaired) electrons. The maximum Gasteiger partial charge on any atom is 0.0738 e. The number of pyridine rings is 1. The molecule has 4 heteroatoms. The van der Waals surface area contributed by atoms with Crippen LogP contribution < -0.4 is 15.5 Å². The third kappa shape index (κ3) is 2.41. The zero-order valence-corrected chi connectivity index (χ0v) is 11.7. The highest BCUT2D eigenvalue weighted by Gasteiger charge is 2.24. The molecular formula is C16H20N4. The van der Waals surface area contributed by atoms with E-state index in [2.05, 4.69) is 52.0 Å². The van der Waals surface area contributed by atoms with Crippen molar-refractivity contribution in [3.8, 4) is 0 Å². The van der Waals surface area contributed by atoms with Crippen LogP contribution in [0.4, 0.5) is 17.1 Å². The maximum absolute atomic E-state index is 6.02. The van der Waals surface area contributed by atoms with E-state index in [9.17, 15) is 0 Å². The Kier molecular flexibility index (Phi) is 3.46. The molecule has 104 valence electrons. The quantitative estimate of drug-likeness (QED) is 0.908. The second-order valence-electron chi connectivity index (χ2n) is 5.26. The van der Waals surface area contributed by atoms with Gasteiger partial charge in [-0.3, -0.25) is 4.98 Å². The Morgan fingerprint density at radius 2 is 1.95 bits per heavy atom. The number of hydrogen-bond acceptors (Lipinski definition) is 4. The molecule has 2 N–H and O–H groups in total. The van der Waals surface area contributed by atoms with Gasteiger partial charge in [-0.2, -0.15) is 0 Å². The highest BCUT2D eigenvalue weighted by atomic mass is 15.3. The summed E-state index contributed by atoms with van der Waals surface area (Å²) in [6, 6.07) is 13.0. The molecule has 1 aliphatic heterocycles. The van der Waals surface area contributed by atoms with Crippen molar-refractivity contribution in [2.75, 3.05) is 35.2 Å². The van der Waals surface area contributed by atoms with E-state index in [-0.39, 0.29) is 0 Å². The number of anilines is 3. The van der Waals surface area contributed by atoms with Gasteiger partial charge in [0.2, 0.25) is 0 Å². The van der Waals surface area contributed by atoms with Crippen molar-refractivity contribution in [2.24, 2.45) is 0 Å². The molecule has 1 aliphatic rings. The monoisotopic (exact) mass is 268 g/mol. The molecule has 1 aromatic carbocycles. The molecule has 1 saturated heterocycles. The number of aromatic nitrogens is 1. The second-order valence-corrected chi connectivity index (χ2v) is 5.26. The second kappa shape index (κ2) is 5.41. The van der Waals surface area contributed by atoms with E-state index in [1.54, 1.807) is 12.4 Å². The number of hydrogen-bond donors (Lipinski definition) is 1. The molecule has 2 aromatic rings. The number of rotatable bonds is 2. The Morgan fingerprint density at radius 3 is 2.65 bits per heavy atom. The molecule has 2 heterocycles. The molecule has 0 bridgehead atoms. The Hall–Kier alpha value is -2.23. The van der Waals surface area contributed by atoms with Gasteiger partial charge in [0.25, 0.3) is 0 Å². The summed E-state index contributed by atoms with van der Waals surface area (Å²) in [6.45, 7) is 5.22. The summed E-state index contributed by atoms with van der Waals surface area (Å²) in [6.07, 6.45) is 3.53. The average molecular weight is 268 g/mol. The van der Waals surface area contributed by atoms with E-state index in [1.807, 2.05) is 6.07 Å². The molecule has 1 unspecified atom stereocenters. The van der Waals surface area contributed by atoms with E-state index in [4.69, 9.17) is 5.73 Å². The number of nitrogens with zero attached hydrogens (tertiary/aromatic N) is 3. The van der Waals surface area contributed by atoms with Crippen LogP contribution in [0.5, 0.6) is 0 Å². The van der Waals surface area contributed by atoms with E-state index in [0.29, 0.717) is 6.04 Å². The van der Waals surface area contributed by atoms with Crippen molar-refractivity contribution < 1.29 is 0 Å². The summed E-state index contributed by atoms with van der Waals surface area (Å²) in [4.78, 5) is 8.86. The zero-order chi connectivity index (χ0) is 13.9. The van der Waals surface area contributed by atoms with E-state index >= 15 is 0 Å². The fourth-order valence-electron chi connectivity index (χ4n) is 2.87. The lowest BCUT2D eigenvalue weighted by Crippen LogP contribution is -2.52. The van der Waals surface area contributed by atoms with Gasteiger partial charge in [-0.25, -0.2) is 0 Å². The fraction of sp³-hybridized carbons (Fsp3) is 0.312. The highest BCUT2D eigenvalue weighted by Crippen LogP contribution is 2.26. The predicted molar refractivity (Wildman–Crippen MR) is 84.1 cm³/mol. The Balaban J connectivity index is 1.76. The van der Waals surface area contributed by atoms with Gasteiger partial charge in [0.1, 0.15) is 0 Å². The van der Waals surface area contributed by atoms with Gasteiger partial charge >= 0.3 is 0 Å². The minimum absolute atomic E-state index is 0.457. The number of nitrogens with two attached hydrogens (primary N) is 1. The minimum atomic E-state index is 0.457. The Labute approximate surface area is 119 Å². The maximum atomic E-state index is 6.02. The van der Waals surface area contributed by atoms with E-state index in [1.165, 1.54) is 5.69 Å². The van der Waals surface area contributed by atoms with Gasteiger partial charge in [0.15, 0.2) is 0 Å². The van der Waals surface area contributed by atoms with E-state index in [0.717, 1.165) is 31.0 Å². The number of para-hydroxylation sites is 1. The summed E-state index contributed by atoms with van der Waals surface area (Å²) >= 11 is 0. The van der Waals surface area contributed by atoms with Gasteiger partial charge < -0.3 is 15.5 Å². The van der Waals surface area contributed by atoms with Crippen LogP contribution in [0.3, 0.4) is 0 Å². The van der Waals surface area contributed by atoms with Crippen LogP contribution in [0.2, 0.25) is 0 Å². The van der Waals surface area contributed by atoms with Crippen molar-refractivity contribution in [2.45, 2.75) is 13.0 Å². The first kappa shape index (κ1) is 12.8. The van der Waals surface area contributed by atoms with Gasteiger partial charge in [0, 0.05) is 37.6 Å². The van der Waals surface area contributed by atoms with Crippen molar-refractivity contribution >= 4 is 17.1 Å². The van der Waals surface area contributed by atoms with Gasteiger partial charge in [-0.05, 0) is 25.1 Å². The van der Waals surface area contributed by atoms with Gasteiger partial charge in [-0.15, -0.1) is 0 Å². The third-order valence-corrected chi connectivity index (χ3v) is 3.88. The SMILES string of the molecule is CC1CN(c2ccncc2N)CCN1c1ccccc1. The summed E-state index contributed by atoms with van der Waals surface area (Å²) in [5, 5.41) is 0. The smallest absolute Gasteiger partial charge is 0.0738 e. The van der Waals surface area contributed by atoms with Crippen LogP contribution in [-0.4, -0.2) is 30.7 Å². The number of piperazine rings is 1. The average Bonchev–Trinajstić information content (AvgIpc) is 2.48. The first-order chi connectivity index (χ1) is 9.75. The zero-order valence-electron chi connectivity index (χ0n) is 11.7. The van der Waals surface area contributed by atoms with Crippen molar-refractivity contribution in [3.05, 3.63) is 48.8 Å². The first-order valence-corrected chi connectivity index (χ1v) is 7.02. The Bertz CT molecular complexity index is 570. The normalized spacial score (nSPS) is 19.1. The lowest BCUT2D eigenvalue weighted by molar-refractivity contribution is 0.551. The standard InChI is InChI=1S/C16H20N4/c1-13-12-19(16-7-8-18-11-15(16)17)9-10-20(13)14-5-3-2-4-6-14/h2-8,11,13H,9-10,12,17H2,1H3. The lowest BCUT2D eigenvalue weighted by Gasteiger charge is -2.42. The van der Waals surface area contributed by atoms with Crippen LogP contribution in [-0.2, 0) is 0 Å². The largest absolute Gasteiger partial charge is 0.396 e. The molecule has 20 heavy (non-hydrogen) atoms. The molecule has 1 fully saturated rings. The highest BCUT2D eigenvalue weighted by molar-refractivity contribution is 5.67. The molecule has 1 atom stereocenters. The summed E-state index contributed by atoms with van der Waals surface area (Å²) in [5.74, 6) is 0. The van der Waals surface area contributed by atoms with Crippen LogP contribution in [0.1, 0.15) is 6.92 Å². The van der Waals surface area contributed by atoms with Crippen molar-refractivity contribution in [1.29, 1.82) is 0 Å². The van der Waals surface area contributed by atoms with Crippen LogP contribution in [0.15, 0.2) is 48.8 Å². The van der Waals surface area contributed by atoms with Crippen LogP contribution in [0, 0.1) is 0 Å². The molecule has 3 rings (SSSR count). The molecule has 0 aliphatic carbocycles. The van der Waals surface area contributed by atoms with E-state index < -0.39 is 0 Å². The van der Waals surface area contributed by atoms with Gasteiger partial charge in [-0.1, -0.05) is 18.2 Å². The van der Waals surface area contributed by atoms with Gasteiger partial charge in [0.05, 0.1) is 17.6 Å². The summed E-state index contributed by atoms with van der Waals surface area (Å²) in [7, 11) is 0. The Morgan fingerprint density at radius 1 is 1.15 bits per heavy atom. The summed E-state index contributed by atoms with van der Waals surface area (Å²) < 4.78 is 0. The van der Waals surface area contributed by atoms with Crippen LogP contribution >= 0.6 is 0 Å². The number of benzene rings is 1. The molecule has 0 amide bonds. The molecule has 0 saturated carbocycles. The van der Waals surface area contributed by atoms with Crippen molar-refractivity contribution in [3.63, 3.8) is 0 Å². The minimum Gasteiger partial charge on any atom is -0.396 e.